The van der Waals surface area contributed by atoms with Crippen LogP contribution in [0.1, 0.15) is 18.1 Å². The molecule has 1 N–H and O–H groups in total. The SMILES string of the molecule is Cc1cccc(C)c1OCC(C)NS(=O)(=O)N1CCN(C)CC1. The topological polar surface area (TPSA) is 61.9 Å². The number of nitrogens with zero attached hydrogens (tertiary/aromatic N) is 2. The maximum absolute atomic E-state index is 12.4. The molecule has 23 heavy (non-hydrogen) atoms. The van der Waals surface area contributed by atoms with Crippen molar-refractivity contribution in [1.82, 2.24) is 13.9 Å². The summed E-state index contributed by atoms with van der Waals surface area (Å²) in [6.45, 7) is 8.66. The molecular weight excluding hydrogens is 314 g/mol. The lowest BCUT2D eigenvalue weighted by molar-refractivity contribution is 0.218. The maximum Gasteiger partial charge on any atom is 0.279 e. The molecule has 0 spiro atoms. The number of ether oxygens (including phenoxy) is 1. The molecule has 1 atom stereocenters. The first-order valence-corrected chi connectivity index (χ1v) is 9.38. The Hall–Kier alpha value is -1.15. The number of aryl methyl sites for hydroxylation is 2. The molecule has 0 amide bonds. The highest BCUT2D eigenvalue weighted by molar-refractivity contribution is 7.87. The van der Waals surface area contributed by atoms with Crippen LogP contribution in [0.15, 0.2) is 18.2 Å². The van der Waals surface area contributed by atoms with Gasteiger partial charge in [-0.05, 0) is 38.9 Å². The third-order valence-corrected chi connectivity index (χ3v) is 5.78. The Morgan fingerprint density at radius 1 is 1.17 bits per heavy atom. The van der Waals surface area contributed by atoms with E-state index < -0.39 is 10.2 Å². The number of nitrogens with one attached hydrogen (secondary N) is 1. The molecule has 7 heteroatoms. The van der Waals surface area contributed by atoms with Gasteiger partial charge in [-0.3, -0.25) is 0 Å². The van der Waals surface area contributed by atoms with Crippen LogP contribution in [0.5, 0.6) is 5.75 Å². The van der Waals surface area contributed by atoms with Crippen molar-refractivity contribution < 1.29 is 13.2 Å². The summed E-state index contributed by atoms with van der Waals surface area (Å²) >= 11 is 0. The highest BCUT2D eigenvalue weighted by Gasteiger charge is 2.27. The van der Waals surface area contributed by atoms with Crippen molar-refractivity contribution in [2.75, 3.05) is 39.8 Å². The lowest BCUT2D eigenvalue weighted by Gasteiger charge is -2.32. The molecule has 0 bridgehead atoms. The second-order valence-corrected chi connectivity index (χ2v) is 7.96. The quantitative estimate of drug-likeness (QED) is 0.843. The number of rotatable bonds is 6. The first kappa shape index (κ1) is 18.2. The molecule has 1 unspecified atom stereocenters. The molecule has 0 aliphatic carbocycles. The molecule has 1 aromatic rings. The van der Waals surface area contributed by atoms with Gasteiger partial charge in [0.15, 0.2) is 0 Å². The van der Waals surface area contributed by atoms with E-state index in [-0.39, 0.29) is 6.04 Å². The van der Waals surface area contributed by atoms with Gasteiger partial charge < -0.3 is 9.64 Å². The Bertz CT molecular complexity index is 605. The molecular formula is C16H27N3O3S. The Labute approximate surface area is 139 Å². The van der Waals surface area contributed by atoms with Gasteiger partial charge in [0.1, 0.15) is 12.4 Å². The third-order valence-electron chi connectivity index (χ3n) is 4.04. The van der Waals surface area contributed by atoms with E-state index in [9.17, 15) is 8.42 Å². The van der Waals surface area contributed by atoms with Gasteiger partial charge in [0.2, 0.25) is 0 Å². The van der Waals surface area contributed by atoms with Crippen molar-refractivity contribution in [1.29, 1.82) is 0 Å². The van der Waals surface area contributed by atoms with E-state index >= 15 is 0 Å². The maximum atomic E-state index is 12.4. The van der Waals surface area contributed by atoms with Crippen LogP contribution in [0.25, 0.3) is 0 Å². The lowest BCUT2D eigenvalue weighted by Crippen LogP contribution is -2.53. The first-order chi connectivity index (χ1) is 10.8. The zero-order valence-electron chi connectivity index (χ0n) is 14.4. The van der Waals surface area contributed by atoms with Gasteiger partial charge in [0, 0.05) is 26.2 Å². The Morgan fingerprint density at radius 2 is 1.74 bits per heavy atom. The summed E-state index contributed by atoms with van der Waals surface area (Å²) in [4.78, 5) is 2.12. The highest BCUT2D eigenvalue weighted by Crippen LogP contribution is 2.22. The van der Waals surface area contributed by atoms with E-state index in [1.54, 1.807) is 0 Å². The Morgan fingerprint density at radius 3 is 2.30 bits per heavy atom. The van der Waals surface area contributed by atoms with Crippen LogP contribution in [-0.4, -0.2) is 63.5 Å². The lowest BCUT2D eigenvalue weighted by atomic mass is 10.1. The van der Waals surface area contributed by atoms with Crippen molar-refractivity contribution in [2.24, 2.45) is 0 Å². The highest BCUT2D eigenvalue weighted by atomic mass is 32.2. The number of piperazine rings is 1. The fourth-order valence-corrected chi connectivity index (χ4v) is 4.00. The minimum atomic E-state index is -3.45. The van der Waals surface area contributed by atoms with Crippen molar-refractivity contribution in [3.8, 4) is 5.75 Å². The second-order valence-electron chi connectivity index (χ2n) is 6.26. The Balaban J connectivity index is 1.90. The van der Waals surface area contributed by atoms with Gasteiger partial charge in [0.25, 0.3) is 10.2 Å². The summed E-state index contributed by atoms with van der Waals surface area (Å²) < 4.78 is 34.8. The molecule has 0 saturated carbocycles. The number of benzene rings is 1. The van der Waals surface area contributed by atoms with E-state index in [0.717, 1.165) is 30.0 Å². The van der Waals surface area contributed by atoms with Crippen LogP contribution in [0.2, 0.25) is 0 Å². The molecule has 1 fully saturated rings. The Kier molecular flexibility index (Phi) is 6.02. The fraction of sp³-hybridized carbons (Fsp3) is 0.625. The van der Waals surface area contributed by atoms with E-state index in [1.165, 1.54) is 4.31 Å². The average Bonchev–Trinajstić information content (AvgIpc) is 2.46. The molecule has 0 aromatic heterocycles. The summed E-state index contributed by atoms with van der Waals surface area (Å²) in [6.07, 6.45) is 0. The van der Waals surface area contributed by atoms with Gasteiger partial charge in [-0.1, -0.05) is 18.2 Å². The predicted molar refractivity (Wildman–Crippen MR) is 92.0 cm³/mol. The summed E-state index contributed by atoms with van der Waals surface area (Å²) in [5.74, 6) is 0.832. The van der Waals surface area contributed by atoms with Crippen LogP contribution in [-0.2, 0) is 10.2 Å². The minimum absolute atomic E-state index is 0.293. The largest absolute Gasteiger partial charge is 0.491 e. The normalized spacial score (nSPS) is 18.8. The zero-order valence-corrected chi connectivity index (χ0v) is 15.2. The number of hydrogen-bond donors (Lipinski definition) is 1. The number of para-hydroxylation sites is 1. The van der Waals surface area contributed by atoms with Crippen LogP contribution < -0.4 is 9.46 Å². The average molecular weight is 341 g/mol. The van der Waals surface area contributed by atoms with E-state index in [2.05, 4.69) is 9.62 Å². The van der Waals surface area contributed by atoms with Crippen molar-refractivity contribution >= 4 is 10.2 Å². The molecule has 1 aliphatic heterocycles. The summed E-state index contributed by atoms with van der Waals surface area (Å²) in [7, 11) is -1.46. The van der Waals surface area contributed by atoms with E-state index in [0.29, 0.717) is 19.7 Å². The van der Waals surface area contributed by atoms with Gasteiger partial charge >= 0.3 is 0 Å². The van der Waals surface area contributed by atoms with Gasteiger partial charge in [-0.2, -0.15) is 17.4 Å². The molecule has 1 saturated heterocycles. The molecule has 1 aromatic carbocycles. The van der Waals surface area contributed by atoms with Gasteiger partial charge in [0.05, 0.1) is 6.04 Å². The molecule has 1 aliphatic rings. The third kappa shape index (κ3) is 4.91. The molecule has 1 heterocycles. The van der Waals surface area contributed by atoms with Crippen LogP contribution >= 0.6 is 0 Å². The second kappa shape index (κ2) is 7.61. The molecule has 2 rings (SSSR count). The fourth-order valence-electron chi connectivity index (χ4n) is 2.63. The minimum Gasteiger partial charge on any atom is -0.491 e. The van der Waals surface area contributed by atoms with Crippen LogP contribution in [0, 0.1) is 13.8 Å². The summed E-state index contributed by atoms with van der Waals surface area (Å²) in [5.41, 5.74) is 2.11. The van der Waals surface area contributed by atoms with Crippen molar-refractivity contribution in [2.45, 2.75) is 26.8 Å². The standard InChI is InChI=1S/C16H27N3O3S/c1-13-6-5-7-14(2)16(13)22-12-15(3)17-23(20,21)19-10-8-18(4)9-11-19/h5-7,15,17H,8-12H2,1-4H3. The predicted octanol–water partition coefficient (Wildman–Crippen LogP) is 1.15. The number of hydrogen-bond acceptors (Lipinski definition) is 4. The van der Waals surface area contributed by atoms with Crippen LogP contribution in [0.3, 0.4) is 0 Å². The number of likely N-dealkylation sites (N-methyl/N-ethyl adjacent to an activating group) is 1. The van der Waals surface area contributed by atoms with E-state index in [4.69, 9.17) is 4.74 Å². The smallest absolute Gasteiger partial charge is 0.279 e. The summed E-state index contributed by atoms with van der Waals surface area (Å²) in [6, 6.07) is 5.67. The first-order valence-electron chi connectivity index (χ1n) is 7.94. The van der Waals surface area contributed by atoms with Gasteiger partial charge in [-0.15, -0.1) is 0 Å². The van der Waals surface area contributed by atoms with E-state index in [1.807, 2.05) is 46.0 Å². The molecule has 6 nitrogen and oxygen atoms in total. The zero-order chi connectivity index (χ0) is 17.0. The molecule has 0 radical (unpaired) electrons. The monoisotopic (exact) mass is 341 g/mol. The van der Waals surface area contributed by atoms with Crippen molar-refractivity contribution in [3.05, 3.63) is 29.3 Å². The van der Waals surface area contributed by atoms with Gasteiger partial charge in [-0.25, -0.2) is 0 Å². The van der Waals surface area contributed by atoms with Crippen molar-refractivity contribution in [3.63, 3.8) is 0 Å². The summed E-state index contributed by atoms with van der Waals surface area (Å²) in [5, 5.41) is 0. The van der Waals surface area contributed by atoms with Crippen LogP contribution in [0.4, 0.5) is 0 Å². The molecule has 130 valence electrons.